The molecule has 2 unspecified atom stereocenters. The number of amides is 1. The smallest absolute Gasteiger partial charge is 0.410 e. The second kappa shape index (κ2) is 7.14. The number of ketones is 1. The Bertz CT molecular complexity index is 616. The molecule has 3 heterocycles. The molecule has 2 bridgehead atoms. The van der Waals surface area contributed by atoms with Gasteiger partial charge in [-0.05, 0) is 18.4 Å². The maximum Gasteiger partial charge on any atom is 0.410 e. The number of ether oxygens (including phenoxy) is 3. The Balaban J connectivity index is 1.38. The Morgan fingerprint density at radius 2 is 1.60 bits per heavy atom. The van der Waals surface area contributed by atoms with Crippen LogP contribution in [0.15, 0.2) is 30.3 Å². The van der Waals surface area contributed by atoms with E-state index in [4.69, 9.17) is 14.2 Å². The first kappa shape index (κ1) is 16.5. The van der Waals surface area contributed by atoms with Crippen LogP contribution in [0.3, 0.4) is 0 Å². The van der Waals surface area contributed by atoms with Crippen LogP contribution in [0.25, 0.3) is 0 Å². The molecule has 25 heavy (non-hydrogen) atoms. The standard InChI is InChI=1S/C19H23NO5/c21-18(15-9-23-10-15)14-6-16-11-24-12-17(7-14)20(16)19(22)25-8-13-4-2-1-3-5-13/h1-5,14-17H,6-12H2. The molecule has 0 spiro atoms. The van der Waals surface area contributed by atoms with Gasteiger partial charge in [0.05, 0.1) is 44.4 Å². The van der Waals surface area contributed by atoms with Gasteiger partial charge >= 0.3 is 6.09 Å². The highest BCUT2D eigenvalue weighted by Gasteiger charge is 2.46. The van der Waals surface area contributed by atoms with Crippen LogP contribution in [0.1, 0.15) is 18.4 Å². The van der Waals surface area contributed by atoms with Gasteiger partial charge < -0.3 is 14.2 Å². The van der Waals surface area contributed by atoms with E-state index in [0.29, 0.717) is 45.1 Å². The highest BCUT2D eigenvalue weighted by Crippen LogP contribution is 2.35. The van der Waals surface area contributed by atoms with Crippen LogP contribution in [0, 0.1) is 11.8 Å². The molecule has 1 amide bonds. The number of Topliss-reactive ketones (excluding diaryl/α,β-unsaturated/α-hetero) is 1. The molecular formula is C19H23NO5. The average molecular weight is 345 g/mol. The minimum atomic E-state index is -0.306. The van der Waals surface area contributed by atoms with Crippen LogP contribution in [0.2, 0.25) is 0 Å². The first-order chi connectivity index (χ1) is 12.2. The molecule has 3 fully saturated rings. The monoisotopic (exact) mass is 345 g/mol. The van der Waals surface area contributed by atoms with E-state index in [-0.39, 0.29) is 36.6 Å². The van der Waals surface area contributed by atoms with Crippen molar-refractivity contribution in [1.82, 2.24) is 4.90 Å². The summed E-state index contributed by atoms with van der Waals surface area (Å²) in [7, 11) is 0. The zero-order valence-corrected chi connectivity index (χ0v) is 14.1. The van der Waals surface area contributed by atoms with Crippen molar-refractivity contribution in [2.45, 2.75) is 31.5 Å². The lowest BCUT2D eigenvalue weighted by atomic mass is 9.78. The molecule has 0 aromatic heterocycles. The van der Waals surface area contributed by atoms with Crippen LogP contribution >= 0.6 is 0 Å². The number of hydrogen-bond donors (Lipinski definition) is 0. The van der Waals surface area contributed by atoms with Gasteiger partial charge in [0.25, 0.3) is 0 Å². The summed E-state index contributed by atoms with van der Waals surface area (Å²) in [5.41, 5.74) is 0.965. The van der Waals surface area contributed by atoms with Crippen LogP contribution in [0.4, 0.5) is 4.79 Å². The fraction of sp³-hybridized carbons (Fsp3) is 0.579. The van der Waals surface area contributed by atoms with E-state index in [2.05, 4.69) is 0 Å². The molecule has 3 aliphatic heterocycles. The fourth-order valence-corrected chi connectivity index (χ4v) is 3.97. The molecule has 0 aliphatic carbocycles. The quantitative estimate of drug-likeness (QED) is 0.835. The number of fused-ring (bicyclic) bond motifs is 2. The third kappa shape index (κ3) is 3.41. The normalized spacial score (nSPS) is 29.0. The van der Waals surface area contributed by atoms with Gasteiger partial charge in [0, 0.05) is 5.92 Å². The maximum absolute atomic E-state index is 12.6. The van der Waals surface area contributed by atoms with Gasteiger partial charge in [-0.15, -0.1) is 0 Å². The zero-order chi connectivity index (χ0) is 17.2. The number of piperidine rings is 1. The van der Waals surface area contributed by atoms with E-state index in [9.17, 15) is 9.59 Å². The van der Waals surface area contributed by atoms with Crippen LogP contribution in [-0.2, 0) is 25.6 Å². The number of rotatable bonds is 4. The van der Waals surface area contributed by atoms with E-state index in [0.717, 1.165) is 5.56 Å². The maximum atomic E-state index is 12.6. The van der Waals surface area contributed by atoms with Gasteiger partial charge in [-0.25, -0.2) is 4.79 Å². The van der Waals surface area contributed by atoms with Crippen molar-refractivity contribution in [3.05, 3.63) is 35.9 Å². The molecule has 3 saturated heterocycles. The lowest BCUT2D eigenvalue weighted by molar-refractivity contribution is -0.147. The van der Waals surface area contributed by atoms with Gasteiger partial charge in [0.1, 0.15) is 12.4 Å². The molecule has 6 heteroatoms. The third-order valence-corrected chi connectivity index (χ3v) is 5.38. The number of morpholine rings is 1. The summed E-state index contributed by atoms with van der Waals surface area (Å²) in [6.45, 7) is 2.30. The summed E-state index contributed by atoms with van der Waals surface area (Å²) in [6, 6.07) is 9.49. The van der Waals surface area contributed by atoms with Crippen LogP contribution < -0.4 is 0 Å². The third-order valence-electron chi connectivity index (χ3n) is 5.38. The second-order valence-corrected chi connectivity index (χ2v) is 7.10. The summed E-state index contributed by atoms with van der Waals surface area (Å²) >= 11 is 0. The summed E-state index contributed by atoms with van der Waals surface area (Å²) in [4.78, 5) is 26.9. The molecule has 4 rings (SSSR count). The Hall–Kier alpha value is -1.92. The highest BCUT2D eigenvalue weighted by atomic mass is 16.6. The molecule has 6 nitrogen and oxygen atoms in total. The lowest BCUT2D eigenvalue weighted by Gasteiger charge is -2.48. The van der Waals surface area contributed by atoms with Crippen LogP contribution in [0.5, 0.6) is 0 Å². The number of hydrogen-bond acceptors (Lipinski definition) is 5. The summed E-state index contributed by atoms with van der Waals surface area (Å²) < 4.78 is 16.3. The molecule has 1 aromatic carbocycles. The van der Waals surface area contributed by atoms with E-state index in [1.165, 1.54) is 0 Å². The number of carbonyl (C=O) groups excluding carboxylic acids is 2. The summed E-state index contributed by atoms with van der Waals surface area (Å²) in [5, 5.41) is 0. The van der Waals surface area contributed by atoms with E-state index in [1.807, 2.05) is 30.3 Å². The van der Waals surface area contributed by atoms with Crippen molar-refractivity contribution in [3.63, 3.8) is 0 Å². The van der Waals surface area contributed by atoms with E-state index < -0.39 is 0 Å². The largest absolute Gasteiger partial charge is 0.445 e. The van der Waals surface area contributed by atoms with Gasteiger partial charge in [-0.3, -0.25) is 9.69 Å². The predicted molar refractivity (Wildman–Crippen MR) is 88.9 cm³/mol. The number of carbonyl (C=O) groups is 2. The van der Waals surface area contributed by atoms with E-state index in [1.54, 1.807) is 4.90 Å². The summed E-state index contributed by atoms with van der Waals surface area (Å²) in [6.07, 6.45) is 1.01. The van der Waals surface area contributed by atoms with Gasteiger partial charge in [-0.2, -0.15) is 0 Å². The van der Waals surface area contributed by atoms with Crippen molar-refractivity contribution in [3.8, 4) is 0 Å². The molecule has 134 valence electrons. The molecule has 2 atom stereocenters. The molecule has 0 N–H and O–H groups in total. The Morgan fingerprint density at radius 1 is 0.960 bits per heavy atom. The Labute approximate surface area is 147 Å². The minimum absolute atomic E-state index is 0.00553. The Kier molecular flexibility index (Phi) is 4.72. The van der Waals surface area contributed by atoms with Gasteiger partial charge in [-0.1, -0.05) is 30.3 Å². The van der Waals surface area contributed by atoms with Crippen molar-refractivity contribution in [2.75, 3.05) is 26.4 Å². The topological polar surface area (TPSA) is 65.1 Å². The lowest BCUT2D eigenvalue weighted by Crippen LogP contribution is -2.60. The zero-order valence-electron chi connectivity index (χ0n) is 14.1. The van der Waals surface area contributed by atoms with Crippen molar-refractivity contribution < 1.29 is 23.8 Å². The highest BCUT2D eigenvalue weighted by molar-refractivity contribution is 5.84. The van der Waals surface area contributed by atoms with Crippen LogP contribution in [-0.4, -0.2) is 55.3 Å². The Morgan fingerprint density at radius 3 is 2.20 bits per heavy atom. The molecule has 0 saturated carbocycles. The van der Waals surface area contributed by atoms with Crippen molar-refractivity contribution in [1.29, 1.82) is 0 Å². The summed E-state index contributed by atoms with van der Waals surface area (Å²) in [5.74, 6) is 0.342. The first-order valence-electron chi connectivity index (χ1n) is 8.90. The van der Waals surface area contributed by atoms with Gasteiger partial charge in [0.15, 0.2) is 0 Å². The number of nitrogens with zero attached hydrogens (tertiary/aromatic N) is 1. The minimum Gasteiger partial charge on any atom is -0.445 e. The SMILES string of the molecule is O=C(C1COC1)C1CC2COCC(C1)N2C(=O)OCc1ccccc1. The molecule has 3 aliphatic rings. The molecular weight excluding hydrogens is 322 g/mol. The predicted octanol–water partition coefficient (Wildman–Crippen LogP) is 2.02. The average Bonchev–Trinajstić information content (AvgIpc) is 2.58. The van der Waals surface area contributed by atoms with E-state index >= 15 is 0 Å². The first-order valence-corrected chi connectivity index (χ1v) is 8.90. The molecule has 1 aromatic rings. The van der Waals surface area contributed by atoms with Crippen molar-refractivity contribution >= 4 is 11.9 Å². The fourth-order valence-electron chi connectivity index (χ4n) is 3.97. The van der Waals surface area contributed by atoms with Crippen molar-refractivity contribution in [2.24, 2.45) is 11.8 Å². The number of benzene rings is 1. The second-order valence-electron chi connectivity index (χ2n) is 7.10. The van der Waals surface area contributed by atoms with Gasteiger partial charge in [0.2, 0.25) is 0 Å². The molecule has 0 radical (unpaired) electrons.